The summed E-state index contributed by atoms with van der Waals surface area (Å²) in [5.74, 6) is 0.983. The van der Waals surface area contributed by atoms with Crippen LogP contribution in [-0.2, 0) is 4.79 Å². The molecule has 7 heteroatoms. The Morgan fingerprint density at radius 2 is 1.78 bits per heavy atom. The van der Waals surface area contributed by atoms with Gasteiger partial charge in [-0.3, -0.25) is 9.79 Å². The number of hydrogen-bond donors (Lipinski definition) is 1. The number of hydrogen-bond acceptors (Lipinski definition) is 6. The highest BCUT2D eigenvalue weighted by Gasteiger charge is 2.39. The van der Waals surface area contributed by atoms with Crippen molar-refractivity contribution < 1.29 is 9.53 Å². The second kappa shape index (κ2) is 9.88. The van der Waals surface area contributed by atoms with Crippen LogP contribution in [0.1, 0.15) is 30.9 Å². The zero-order valence-corrected chi connectivity index (χ0v) is 19.7. The van der Waals surface area contributed by atoms with Crippen molar-refractivity contribution in [2.75, 3.05) is 37.8 Å². The quantitative estimate of drug-likeness (QED) is 0.709. The number of rotatable bonds is 6. The highest BCUT2D eigenvalue weighted by molar-refractivity contribution is 8.16. The Bertz CT molecular complexity index is 1010. The van der Waals surface area contributed by atoms with Crippen LogP contribution in [0.5, 0.6) is 5.75 Å². The van der Waals surface area contributed by atoms with E-state index in [1.807, 2.05) is 24.3 Å². The summed E-state index contributed by atoms with van der Waals surface area (Å²) >= 11 is 1.47. The SMILES string of the molecule is CCN1CCC2(CC1)N=C(SCC(=O)Nc1ccc(OC)cc1)C(c1ccc(C)cc1)=N2. The van der Waals surface area contributed by atoms with E-state index in [9.17, 15) is 4.79 Å². The van der Waals surface area contributed by atoms with Gasteiger partial charge >= 0.3 is 0 Å². The van der Waals surface area contributed by atoms with Crippen molar-refractivity contribution in [1.82, 2.24) is 4.90 Å². The van der Waals surface area contributed by atoms with Crippen LogP contribution in [0.15, 0.2) is 58.5 Å². The Morgan fingerprint density at radius 3 is 2.41 bits per heavy atom. The molecule has 32 heavy (non-hydrogen) atoms. The average Bonchev–Trinajstić information content (AvgIpc) is 3.17. The second-order valence-electron chi connectivity index (χ2n) is 8.23. The molecule has 1 amide bonds. The number of thioether (sulfide) groups is 1. The molecule has 4 rings (SSSR count). The first-order valence-corrected chi connectivity index (χ1v) is 12.0. The fourth-order valence-electron chi connectivity index (χ4n) is 3.98. The molecule has 0 aliphatic carbocycles. The van der Waals surface area contributed by atoms with E-state index < -0.39 is 0 Å². The first kappa shape index (κ1) is 22.6. The first-order chi connectivity index (χ1) is 15.5. The fourth-order valence-corrected chi connectivity index (χ4v) is 4.85. The predicted molar refractivity (Wildman–Crippen MR) is 133 cm³/mol. The van der Waals surface area contributed by atoms with Gasteiger partial charge in [0.05, 0.1) is 18.6 Å². The third kappa shape index (κ3) is 5.22. The molecule has 2 aliphatic heterocycles. The van der Waals surface area contributed by atoms with Crippen molar-refractivity contribution in [2.45, 2.75) is 32.4 Å². The zero-order chi connectivity index (χ0) is 22.6. The van der Waals surface area contributed by atoms with E-state index in [1.54, 1.807) is 7.11 Å². The van der Waals surface area contributed by atoms with Gasteiger partial charge in [-0.1, -0.05) is 48.5 Å². The van der Waals surface area contributed by atoms with Crippen LogP contribution >= 0.6 is 11.8 Å². The van der Waals surface area contributed by atoms with E-state index in [0.29, 0.717) is 0 Å². The molecular formula is C25H30N4O2S. The lowest BCUT2D eigenvalue weighted by molar-refractivity contribution is -0.113. The largest absolute Gasteiger partial charge is 0.497 e. The van der Waals surface area contributed by atoms with Gasteiger partial charge in [-0.25, -0.2) is 4.99 Å². The van der Waals surface area contributed by atoms with E-state index in [2.05, 4.69) is 48.3 Å². The lowest BCUT2D eigenvalue weighted by Crippen LogP contribution is -2.41. The van der Waals surface area contributed by atoms with Gasteiger partial charge in [0, 0.05) is 37.2 Å². The van der Waals surface area contributed by atoms with E-state index in [1.165, 1.54) is 17.3 Å². The fraction of sp³-hybridized carbons (Fsp3) is 0.400. The molecule has 1 fully saturated rings. The van der Waals surface area contributed by atoms with Crippen molar-refractivity contribution in [1.29, 1.82) is 0 Å². The van der Waals surface area contributed by atoms with E-state index in [-0.39, 0.29) is 17.3 Å². The minimum atomic E-state index is -0.388. The number of carbonyl (C=O) groups is 1. The van der Waals surface area contributed by atoms with Crippen LogP contribution in [0.3, 0.4) is 0 Å². The average molecular weight is 451 g/mol. The lowest BCUT2D eigenvalue weighted by atomic mass is 9.98. The Balaban J connectivity index is 1.48. The molecular weight excluding hydrogens is 420 g/mol. The van der Waals surface area contributed by atoms with Gasteiger partial charge in [0.15, 0.2) is 5.66 Å². The number of carbonyl (C=O) groups excluding carboxylic acids is 1. The molecule has 0 saturated carbocycles. The summed E-state index contributed by atoms with van der Waals surface area (Å²) in [6.45, 7) is 7.33. The minimum Gasteiger partial charge on any atom is -0.497 e. The molecule has 1 saturated heterocycles. The first-order valence-electron chi connectivity index (χ1n) is 11.1. The van der Waals surface area contributed by atoms with Gasteiger partial charge in [0.1, 0.15) is 10.8 Å². The highest BCUT2D eigenvalue weighted by Crippen LogP contribution is 2.35. The van der Waals surface area contributed by atoms with Crippen LogP contribution in [0.4, 0.5) is 5.69 Å². The number of likely N-dealkylation sites (tertiary alicyclic amines) is 1. The van der Waals surface area contributed by atoms with Crippen molar-refractivity contribution in [3.8, 4) is 5.75 Å². The molecule has 2 aromatic rings. The summed E-state index contributed by atoms with van der Waals surface area (Å²) in [5.41, 5.74) is 3.55. The standard InChI is InChI=1S/C25H30N4O2S/c1-4-29-15-13-25(14-16-29)27-23(19-7-5-18(2)6-8-19)24(28-25)32-17-22(30)26-20-9-11-21(31-3)12-10-20/h5-12H,4,13-17H2,1-3H3,(H,26,30). The maximum absolute atomic E-state index is 12.6. The van der Waals surface area contributed by atoms with Gasteiger partial charge in [-0.2, -0.15) is 0 Å². The predicted octanol–water partition coefficient (Wildman–Crippen LogP) is 4.39. The van der Waals surface area contributed by atoms with Gasteiger partial charge in [-0.05, 0) is 37.7 Å². The Labute approximate surface area is 194 Å². The third-order valence-corrected chi connectivity index (χ3v) is 6.94. The summed E-state index contributed by atoms with van der Waals surface area (Å²) in [7, 11) is 1.62. The van der Waals surface area contributed by atoms with E-state index in [4.69, 9.17) is 14.7 Å². The Hall–Kier alpha value is -2.64. The van der Waals surface area contributed by atoms with Crippen LogP contribution < -0.4 is 10.1 Å². The second-order valence-corrected chi connectivity index (χ2v) is 9.19. The molecule has 6 nitrogen and oxygen atoms in total. The number of aliphatic imine (C=N–C) groups is 2. The highest BCUT2D eigenvalue weighted by atomic mass is 32.2. The van der Waals surface area contributed by atoms with Crippen molar-refractivity contribution in [3.05, 3.63) is 59.7 Å². The molecule has 1 N–H and O–H groups in total. The van der Waals surface area contributed by atoms with Crippen molar-refractivity contribution in [2.24, 2.45) is 9.98 Å². The van der Waals surface area contributed by atoms with Crippen molar-refractivity contribution in [3.63, 3.8) is 0 Å². The molecule has 2 heterocycles. The smallest absolute Gasteiger partial charge is 0.234 e. The van der Waals surface area contributed by atoms with Gasteiger partial charge < -0.3 is 15.0 Å². The molecule has 1 spiro atoms. The number of anilines is 1. The van der Waals surface area contributed by atoms with Crippen LogP contribution in [0.25, 0.3) is 0 Å². The number of nitrogens with zero attached hydrogens (tertiary/aromatic N) is 3. The molecule has 0 radical (unpaired) electrons. The maximum Gasteiger partial charge on any atom is 0.234 e. The number of aryl methyl sites for hydroxylation is 1. The number of ether oxygens (including phenoxy) is 1. The van der Waals surface area contributed by atoms with Crippen LogP contribution in [0.2, 0.25) is 0 Å². The number of nitrogens with one attached hydrogen (secondary N) is 1. The van der Waals surface area contributed by atoms with Crippen LogP contribution in [-0.4, -0.2) is 59.7 Å². The van der Waals surface area contributed by atoms with Gasteiger partial charge in [0.25, 0.3) is 0 Å². The topological polar surface area (TPSA) is 66.3 Å². The number of benzene rings is 2. The summed E-state index contributed by atoms with van der Waals surface area (Å²) in [5, 5.41) is 3.81. The summed E-state index contributed by atoms with van der Waals surface area (Å²) in [6, 6.07) is 15.7. The number of piperidine rings is 1. The lowest BCUT2D eigenvalue weighted by Gasteiger charge is -2.34. The van der Waals surface area contributed by atoms with Crippen LogP contribution in [0, 0.1) is 6.92 Å². The molecule has 0 bridgehead atoms. The molecule has 168 valence electrons. The third-order valence-electron chi connectivity index (χ3n) is 5.97. The number of amides is 1. The van der Waals surface area contributed by atoms with Gasteiger partial charge in [-0.15, -0.1) is 0 Å². The molecule has 0 aromatic heterocycles. The van der Waals surface area contributed by atoms with E-state index in [0.717, 1.165) is 60.2 Å². The summed E-state index contributed by atoms with van der Waals surface area (Å²) < 4.78 is 5.17. The summed E-state index contributed by atoms with van der Waals surface area (Å²) in [4.78, 5) is 25.2. The summed E-state index contributed by atoms with van der Waals surface area (Å²) in [6.07, 6.45) is 1.83. The Morgan fingerprint density at radius 1 is 1.09 bits per heavy atom. The molecule has 0 unspecified atom stereocenters. The number of methoxy groups -OCH3 is 1. The normalized spacial score (nSPS) is 17.7. The molecule has 0 atom stereocenters. The zero-order valence-electron chi connectivity index (χ0n) is 18.9. The minimum absolute atomic E-state index is 0.0622. The maximum atomic E-state index is 12.6. The van der Waals surface area contributed by atoms with E-state index >= 15 is 0 Å². The Kier molecular flexibility index (Phi) is 6.96. The van der Waals surface area contributed by atoms with Gasteiger partial charge in [0.2, 0.25) is 5.91 Å². The monoisotopic (exact) mass is 450 g/mol. The van der Waals surface area contributed by atoms with Crippen molar-refractivity contribution >= 4 is 34.1 Å². The molecule has 2 aromatic carbocycles. The molecule has 2 aliphatic rings.